The Morgan fingerprint density at radius 2 is 1.60 bits per heavy atom. The van der Waals surface area contributed by atoms with Gasteiger partial charge in [0.05, 0.1) is 21.3 Å². The maximum absolute atomic E-state index is 12.7. The van der Waals surface area contributed by atoms with Gasteiger partial charge in [-0.3, -0.25) is 9.59 Å². The van der Waals surface area contributed by atoms with Gasteiger partial charge in [0.1, 0.15) is 10.7 Å². The molecule has 2 heterocycles. The highest BCUT2D eigenvalue weighted by molar-refractivity contribution is 7.19. The van der Waals surface area contributed by atoms with Crippen LogP contribution in [-0.4, -0.2) is 48.3 Å². The fourth-order valence-corrected chi connectivity index (χ4v) is 4.83. The zero-order valence-electron chi connectivity index (χ0n) is 22.6. The van der Waals surface area contributed by atoms with Crippen LogP contribution in [0.4, 0.5) is 22.3 Å². The molecular formula is C28H25N7O6S. The Kier molecular flexibility index (Phi) is 7.88. The molecule has 2 amide bonds. The molecule has 0 radical (unpaired) electrons. The third-order valence-corrected chi connectivity index (χ3v) is 6.95. The molecule has 0 aliphatic rings. The molecule has 0 saturated carbocycles. The lowest BCUT2D eigenvalue weighted by Crippen LogP contribution is -2.15. The summed E-state index contributed by atoms with van der Waals surface area (Å²) in [6.07, 6.45) is 0. The number of nitrogen functional groups attached to an aromatic ring is 1. The number of nitrogens with one attached hydrogen (secondary N) is 2. The number of nitrogens with two attached hydrogens (primary N) is 2. The summed E-state index contributed by atoms with van der Waals surface area (Å²) in [6, 6.07) is 16.5. The van der Waals surface area contributed by atoms with Gasteiger partial charge in [-0.05, 0) is 30.3 Å². The molecule has 0 unspecified atom stereocenters. The number of carbonyl (C=O) groups excluding carboxylic acids is 2. The number of ether oxygens (including phenoxy) is 3. The summed E-state index contributed by atoms with van der Waals surface area (Å²) < 4.78 is 21.7. The fourth-order valence-electron chi connectivity index (χ4n) is 4.00. The van der Waals surface area contributed by atoms with E-state index >= 15 is 0 Å². The maximum Gasteiger partial charge on any atom is 0.272 e. The highest BCUT2D eigenvalue weighted by Crippen LogP contribution is 2.42. The van der Waals surface area contributed by atoms with Crippen molar-refractivity contribution in [3.05, 3.63) is 71.8 Å². The molecule has 0 aliphatic heterocycles. The van der Waals surface area contributed by atoms with E-state index < -0.39 is 11.8 Å². The van der Waals surface area contributed by atoms with Crippen molar-refractivity contribution in [2.75, 3.05) is 37.7 Å². The van der Waals surface area contributed by atoms with E-state index in [2.05, 4.69) is 25.8 Å². The Hall–Kier alpha value is -5.63. The minimum Gasteiger partial charge on any atom is -0.493 e. The summed E-state index contributed by atoms with van der Waals surface area (Å²) in [6.45, 7) is 0. The molecule has 0 saturated heterocycles. The molecule has 3 aromatic carbocycles. The van der Waals surface area contributed by atoms with Crippen molar-refractivity contribution >= 4 is 45.5 Å². The van der Waals surface area contributed by atoms with E-state index in [4.69, 9.17) is 30.2 Å². The average molecular weight is 588 g/mol. The predicted molar refractivity (Wildman–Crippen MR) is 158 cm³/mol. The molecule has 5 aromatic rings. The largest absolute Gasteiger partial charge is 0.493 e. The van der Waals surface area contributed by atoms with Crippen molar-refractivity contribution in [1.82, 2.24) is 15.1 Å². The van der Waals surface area contributed by atoms with Crippen LogP contribution < -0.4 is 36.3 Å². The van der Waals surface area contributed by atoms with Gasteiger partial charge < -0.3 is 40.8 Å². The van der Waals surface area contributed by atoms with Gasteiger partial charge in [-0.25, -0.2) is 4.98 Å². The van der Waals surface area contributed by atoms with Crippen molar-refractivity contribution in [2.24, 2.45) is 5.73 Å². The monoisotopic (exact) mass is 587 g/mol. The first-order chi connectivity index (χ1) is 20.3. The second-order valence-corrected chi connectivity index (χ2v) is 9.67. The second-order valence-electron chi connectivity index (χ2n) is 8.68. The Morgan fingerprint density at radius 1 is 0.881 bits per heavy atom. The van der Waals surface area contributed by atoms with E-state index in [1.54, 1.807) is 48.5 Å². The van der Waals surface area contributed by atoms with Gasteiger partial charge in [-0.2, -0.15) is 4.98 Å². The number of hydrogen-bond donors (Lipinski definition) is 4. The van der Waals surface area contributed by atoms with Crippen LogP contribution in [0.25, 0.3) is 22.2 Å². The third kappa shape index (κ3) is 5.78. The zero-order valence-corrected chi connectivity index (χ0v) is 23.4. The number of hydrogen-bond acceptors (Lipinski definition) is 12. The summed E-state index contributed by atoms with van der Waals surface area (Å²) in [7, 11) is 4.59. The smallest absolute Gasteiger partial charge is 0.272 e. The van der Waals surface area contributed by atoms with Gasteiger partial charge in [0.15, 0.2) is 16.6 Å². The Morgan fingerprint density at radius 3 is 2.29 bits per heavy atom. The van der Waals surface area contributed by atoms with Crippen LogP contribution in [-0.2, 0) is 0 Å². The van der Waals surface area contributed by atoms with E-state index in [0.717, 1.165) is 0 Å². The van der Waals surface area contributed by atoms with E-state index in [9.17, 15) is 9.59 Å². The summed E-state index contributed by atoms with van der Waals surface area (Å²) in [5.41, 5.74) is 13.7. The topological polar surface area (TPSA) is 190 Å². The number of aromatic nitrogens is 3. The molecule has 14 heteroatoms. The van der Waals surface area contributed by atoms with Crippen molar-refractivity contribution in [1.29, 1.82) is 0 Å². The number of amides is 2. The van der Waals surface area contributed by atoms with E-state index in [1.807, 2.05) is 0 Å². The van der Waals surface area contributed by atoms with Crippen LogP contribution in [0, 0.1) is 0 Å². The number of methoxy groups -OCH3 is 3. The molecule has 13 nitrogen and oxygen atoms in total. The first-order valence-corrected chi connectivity index (χ1v) is 13.1. The van der Waals surface area contributed by atoms with Crippen LogP contribution >= 0.6 is 11.3 Å². The minimum atomic E-state index is -0.620. The molecule has 0 bridgehead atoms. The van der Waals surface area contributed by atoms with Crippen LogP contribution in [0.5, 0.6) is 17.2 Å². The van der Waals surface area contributed by atoms with Crippen molar-refractivity contribution in [3.8, 4) is 39.4 Å². The molecule has 42 heavy (non-hydrogen) atoms. The maximum atomic E-state index is 12.7. The van der Waals surface area contributed by atoms with Crippen molar-refractivity contribution in [2.45, 2.75) is 0 Å². The molecule has 0 fully saturated rings. The molecule has 0 atom stereocenters. The highest BCUT2D eigenvalue weighted by atomic mass is 32.1. The normalized spacial score (nSPS) is 10.6. The quantitative estimate of drug-likeness (QED) is 0.179. The number of carbonyl (C=O) groups is 2. The Labute approximate surface area is 243 Å². The van der Waals surface area contributed by atoms with E-state index in [1.165, 1.54) is 44.8 Å². The number of primary amides is 1. The number of rotatable bonds is 10. The lowest BCUT2D eigenvalue weighted by Gasteiger charge is -2.14. The molecule has 6 N–H and O–H groups in total. The van der Waals surface area contributed by atoms with Gasteiger partial charge in [0.25, 0.3) is 11.8 Å². The highest BCUT2D eigenvalue weighted by Gasteiger charge is 2.20. The van der Waals surface area contributed by atoms with Crippen molar-refractivity contribution < 1.29 is 28.3 Å². The average Bonchev–Trinajstić information content (AvgIpc) is 3.63. The molecule has 214 valence electrons. The predicted octanol–water partition coefficient (Wildman–Crippen LogP) is 4.56. The molecule has 5 rings (SSSR count). The molecule has 2 aromatic heterocycles. The number of anilines is 4. The standard InChI is InChI=1S/C28H25N7O6S/c1-38-19-12-18(13-20(39-2)21(19)40-3)32-28-33-23(29)22(42-28)27-34-25(35-41-27)15-7-5-9-17(11-15)31-26(37)16-8-4-6-14(10-16)24(30)36/h4-13H,29H2,1-3H3,(H2,30,36)(H,31,37)(H,32,33). The number of thiazole rings is 1. The van der Waals surface area contributed by atoms with Gasteiger partial charge in [-0.1, -0.05) is 34.7 Å². The van der Waals surface area contributed by atoms with Gasteiger partial charge in [-0.15, -0.1) is 0 Å². The summed E-state index contributed by atoms with van der Waals surface area (Å²) in [4.78, 5) is 33.5. The first-order valence-electron chi connectivity index (χ1n) is 12.3. The van der Waals surface area contributed by atoms with Gasteiger partial charge in [0.2, 0.25) is 17.5 Å². The molecule has 0 spiro atoms. The second kappa shape index (κ2) is 11.9. The molecular weight excluding hydrogens is 562 g/mol. The molecule has 0 aliphatic carbocycles. The van der Waals surface area contributed by atoms with Crippen LogP contribution in [0.2, 0.25) is 0 Å². The van der Waals surface area contributed by atoms with Gasteiger partial charge >= 0.3 is 0 Å². The van der Waals surface area contributed by atoms with Crippen LogP contribution in [0.15, 0.2) is 65.2 Å². The van der Waals surface area contributed by atoms with Gasteiger partial charge in [0, 0.05) is 40.2 Å². The SMILES string of the molecule is COc1cc(Nc2nc(N)c(-c3nc(-c4cccc(NC(=O)c5cccc(C(N)=O)c5)c4)no3)s2)cc(OC)c1OC. The summed E-state index contributed by atoms with van der Waals surface area (Å²) in [5, 5.41) is 10.5. The summed E-state index contributed by atoms with van der Waals surface area (Å²) >= 11 is 1.22. The first kappa shape index (κ1) is 27.9. The minimum absolute atomic E-state index is 0.177. The van der Waals surface area contributed by atoms with E-state index in [-0.39, 0.29) is 28.7 Å². The Bertz CT molecular complexity index is 1760. The van der Waals surface area contributed by atoms with Crippen molar-refractivity contribution in [3.63, 3.8) is 0 Å². The number of nitrogens with zero attached hydrogens (tertiary/aromatic N) is 3. The Balaban J connectivity index is 1.34. The zero-order chi connectivity index (χ0) is 29.8. The van der Waals surface area contributed by atoms with Crippen LogP contribution in [0.1, 0.15) is 20.7 Å². The lowest BCUT2D eigenvalue weighted by molar-refractivity contribution is 0.1000. The lowest BCUT2D eigenvalue weighted by atomic mass is 10.1. The van der Waals surface area contributed by atoms with Crippen LogP contribution in [0.3, 0.4) is 0 Å². The fraction of sp³-hybridized carbons (Fsp3) is 0.107. The third-order valence-electron chi connectivity index (χ3n) is 5.98. The summed E-state index contributed by atoms with van der Waals surface area (Å²) in [5.74, 6) is 1.04. The number of benzene rings is 3. The van der Waals surface area contributed by atoms with E-state index in [0.29, 0.717) is 44.2 Å².